The number of rotatable bonds is 8. The summed E-state index contributed by atoms with van der Waals surface area (Å²) in [7, 11) is 2.87. The third kappa shape index (κ3) is 6.62. The Morgan fingerprint density at radius 1 is 1.17 bits per heavy atom. The molecule has 0 spiro atoms. The fraction of sp³-hybridized carbons (Fsp3) is 0.458. The van der Waals surface area contributed by atoms with Gasteiger partial charge in [0.25, 0.3) is 5.69 Å². The third-order valence-electron chi connectivity index (χ3n) is 5.07. The molecule has 0 fully saturated rings. The molecule has 0 saturated heterocycles. The molecular weight excluding hydrogens is 476 g/mol. The molecule has 2 rings (SSSR count). The molecule has 1 aliphatic rings. The fourth-order valence-corrected chi connectivity index (χ4v) is 4.60. The standard InChI is InChI=1S/C24H30N2O8S/c1-8-33-23(29)20-19(15-10-9-11-16(12-15)26(30)31)18(22(28)32-7)14(2)25(6)21(20)35-13-17(27)34-24(3,4)5/h9-12,19H,8,13H2,1-7H3. The number of thioether (sulfide) groups is 1. The van der Waals surface area contributed by atoms with Gasteiger partial charge in [-0.25, -0.2) is 9.59 Å². The van der Waals surface area contributed by atoms with Crippen LogP contribution in [0.1, 0.15) is 46.1 Å². The molecule has 0 radical (unpaired) electrons. The van der Waals surface area contributed by atoms with Gasteiger partial charge < -0.3 is 19.1 Å². The number of methoxy groups -OCH3 is 1. The van der Waals surface area contributed by atoms with E-state index in [1.54, 1.807) is 52.6 Å². The second-order valence-corrected chi connectivity index (χ2v) is 9.61. The Hall–Kier alpha value is -3.34. The van der Waals surface area contributed by atoms with Crippen molar-refractivity contribution in [3.63, 3.8) is 0 Å². The van der Waals surface area contributed by atoms with E-state index in [1.165, 1.54) is 25.3 Å². The van der Waals surface area contributed by atoms with E-state index in [2.05, 4.69) is 0 Å². The molecular formula is C24H30N2O8S. The average molecular weight is 507 g/mol. The van der Waals surface area contributed by atoms with E-state index in [9.17, 15) is 24.5 Å². The Kier molecular flexibility index (Phi) is 9.08. The number of benzene rings is 1. The minimum Gasteiger partial charge on any atom is -0.466 e. The van der Waals surface area contributed by atoms with Crippen molar-refractivity contribution < 1.29 is 33.5 Å². The van der Waals surface area contributed by atoms with Gasteiger partial charge in [-0.1, -0.05) is 23.9 Å². The lowest BCUT2D eigenvalue weighted by Gasteiger charge is -2.36. The number of nitrogens with zero attached hydrogens (tertiary/aromatic N) is 2. The van der Waals surface area contributed by atoms with Crippen LogP contribution in [-0.4, -0.2) is 59.8 Å². The number of carbonyl (C=O) groups excluding carboxylic acids is 3. The number of nitro groups is 1. The van der Waals surface area contributed by atoms with Gasteiger partial charge in [0.2, 0.25) is 0 Å². The van der Waals surface area contributed by atoms with Crippen LogP contribution in [0, 0.1) is 10.1 Å². The number of esters is 3. The van der Waals surface area contributed by atoms with Crippen molar-refractivity contribution in [1.29, 1.82) is 0 Å². The van der Waals surface area contributed by atoms with E-state index in [4.69, 9.17) is 14.2 Å². The van der Waals surface area contributed by atoms with E-state index in [1.807, 2.05) is 0 Å². The number of hydrogen-bond donors (Lipinski definition) is 0. The van der Waals surface area contributed by atoms with Crippen molar-refractivity contribution in [2.45, 2.75) is 46.1 Å². The molecule has 1 heterocycles. The third-order valence-corrected chi connectivity index (χ3v) is 6.21. The lowest BCUT2D eigenvalue weighted by molar-refractivity contribution is -0.384. The van der Waals surface area contributed by atoms with Crippen LogP contribution in [0.15, 0.2) is 46.1 Å². The zero-order valence-corrected chi connectivity index (χ0v) is 21.7. The van der Waals surface area contributed by atoms with Crippen LogP contribution in [-0.2, 0) is 28.6 Å². The first-order valence-electron chi connectivity index (χ1n) is 10.8. The van der Waals surface area contributed by atoms with Gasteiger partial charge in [-0.3, -0.25) is 14.9 Å². The molecule has 1 aromatic rings. The van der Waals surface area contributed by atoms with Crippen LogP contribution in [0.4, 0.5) is 5.69 Å². The first kappa shape index (κ1) is 27.9. The number of nitro benzene ring substituents is 1. The molecule has 190 valence electrons. The van der Waals surface area contributed by atoms with Crippen molar-refractivity contribution in [2.75, 3.05) is 26.5 Å². The highest BCUT2D eigenvalue weighted by Crippen LogP contribution is 2.46. The maximum Gasteiger partial charge on any atom is 0.337 e. The summed E-state index contributed by atoms with van der Waals surface area (Å²) in [6.45, 7) is 8.63. The molecule has 1 aliphatic heterocycles. The van der Waals surface area contributed by atoms with Crippen LogP contribution in [0.2, 0.25) is 0 Å². The summed E-state index contributed by atoms with van der Waals surface area (Å²) < 4.78 is 15.7. The summed E-state index contributed by atoms with van der Waals surface area (Å²) in [6, 6.07) is 5.70. The zero-order chi connectivity index (χ0) is 26.5. The number of ether oxygens (including phenoxy) is 3. The molecule has 35 heavy (non-hydrogen) atoms. The van der Waals surface area contributed by atoms with Gasteiger partial charge in [0, 0.05) is 24.9 Å². The van der Waals surface area contributed by atoms with Gasteiger partial charge >= 0.3 is 17.9 Å². The van der Waals surface area contributed by atoms with Crippen molar-refractivity contribution in [3.8, 4) is 0 Å². The first-order chi connectivity index (χ1) is 16.3. The molecule has 0 N–H and O–H groups in total. The Balaban J connectivity index is 2.73. The van der Waals surface area contributed by atoms with Crippen LogP contribution < -0.4 is 0 Å². The summed E-state index contributed by atoms with van der Waals surface area (Å²) in [5.74, 6) is -3.01. The molecule has 11 heteroatoms. The van der Waals surface area contributed by atoms with Gasteiger partial charge in [-0.2, -0.15) is 0 Å². The number of carbonyl (C=O) groups is 3. The summed E-state index contributed by atoms with van der Waals surface area (Å²) in [5.41, 5.74) is 0.135. The van der Waals surface area contributed by atoms with Crippen molar-refractivity contribution >= 4 is 35.4 Å². The Morgan fingerprint density at radius 2 is 1.83 bits per heavy atom. The molecule has 0 amide bonds. The molecule has 10 nitrogen and oxygen atoms in total. The van der Waals surface area contributed by atoms with E-state index >= 15 is 0 Å². The Bertz CT molecular complexity index is 1090. The van der Waals surface area contributed by atoms with E-state index in [-0.39, 0.29) is 29.2 Å². The zero-order valence-electron chi connectivity index (χ0n) is 20.9. The van der Waals surface area contributed by atoms with Crippen molar-refractivity contribution in [2.24, 2.45) is 0 Å². The highest BCUT2D eigenvalue weighted by Gasteiger charge is 2.41. The average Bonchev–Trinajstić information content (AvgIpc) is 2.78. The summed E-state index contributed by atoms with van der Waals surface area (Å²) in [5, 5.41) is 11.8. The molecule has 1 aromatic carbocycles. The lowest BCUT2D eigenvalue weighted by atomic mass is 9.81. The molecule has 0 aliphatic carbocycles. The quantitative estimate of drug-likeness (QED) is 0.222. The second-order valence-electron chi connectivity index (χ2n) is 8.65. The van der Waals surface area contributed by atoms with Crippen LogP contribution in [0.5, 0.6) is 0 Å². The van der Waals surface area contributed by atoms with Gasteiger partial charge in [-0.05, 0) is 40.2 Å². The minimum atomic E-state index is -1.02. The second kappa shape index (κ2) is 11.4. The first-order valence-corrected chi connectivity index (χ1v) is 11.8. The van der Waals surface area contributed by atoms with Gasteiger partial charge in [0.15, 0.2) is 0 Å². The monoisotopic (exact) mass is 506 g/mol. The molecule has 0 bridgehead atoms. The van der Waals surface area contributed by atoms with Gasteiger partial charge in [0.1, 0.15) is 5.60 Å². The topological polar surface area (TPSA) is 125 Å². The van der Waals surface area contributed by atoms with E-state index < -0.39 is 34.4 Å². The van der Waals surface area contributed by atoms with Crippen molar-refractivity contribution in [1.82, 2.24) is 4.90 Å². The molecule has 1 atom stereocenters. The lowest BCUT2D eigenvalue weighted by Crippen LogP contribution is -2.34. The Labute approximate surface area is 208 Å². The van der Waals surface area contributed by atoms with E-state index in [0.717, 1.165) is 11.8 Å². The number of hydrogen-bond acceptors (Lipinski definition) is 10. The highest BCUT2D eigenvalue weighted by atomic mass is 32.2. The van der Waals surface area contributed by atoms with E-state index in [0.29, 0.717) is 16.3 Å². The Morgan fingerprint density at radius 3 is 2.37 bits per heavy atom. The molecule has 0 saturated carbocycles. The maximum absolute atomic E-state index is 13.2. The van der Waals surface area contributed by atoms with Gasteiger partial charge in [0.05, 0.1) is 46.5 Å². The predicted octanol–water partition coefficient (Wildman–Crippen LogP) is 3.92. The number of non-ortho nitro benzene ring substituents is 1. The molecule has 1 unspecified atom stereocenters. The maximum atomic E-state index is 13.2. The summed E-state index contributed by atoms with van der Waals surface area (Å²) in [6.07, 6.45) is 0. The fourth-order valence-electron chi connectivity index (χ4n) is 3.60. The predicted molar refractivity (Wildman–Crippen MR) is 130 cm³/mol. The SMILES string of the molecule is CCOC(=O)C1=C(SCC(=O)OC(C)(C)C)N(C)C(C)=C(C(=O)OC)C1c1cccc([N+](=O)[O-])c1. The summed E-state index contributed by atoms with van der Waals surface area (Å²) >= 11 is 1.06. The van der Waals surface area contributed by atoms with Crippen molar-refractivity contribution in [3.05, 3.63) is 61.8 Å². The van der Waals surface area contributed by atoms with Crippen LogP contribution >= 0.6 is 11.8 Å². The molecule has 0 aromatic heterocycles. The smallest absolute Gasteiger partial charge is 0.337 e. The number of allylic oxidation sites excluding steroid dienone is 1. The highest BCUT2D eigenvalue weighted by molar-refractivity contribution is 8.03. The summed E-state index contributed by atoms with van der Waals surface area (Å²) in [4.78, 5) is 51.0. The largest absolute Gasteiger partial charge is 0.466 e. The van der Waals surface area contributed by atoms with Crippen LogP contribution in [0.25, 0.3) is 0 Å². The van der Waals surface area contributed by atoms with Crippen LogP contribution in [0.3, 0.4) is 0 Å². The normalized spacial score (nSPS) is 16.2. The van der Waals surface area contributed by atoms with Gasteiger partial charge in [-0.15, -0.1) is 0 Å². The minimum absolute atomic E-state index is 0.0635.